The number of hydrogen-bond donors (Lipinski definition) is 3. The summed E-state index contributed by atoms with van der Waals surface area (Å²) >= 11 is 0. The number of nitrogens with zero attached hydrogens (tertiary/aromatic N) is 1. The highest BCUT2D eigenvalue weighted by Gasteiger charge is 2.51. The van der Waals surface area contributed by atoms with Gasteiger partial charge in [-0.2, -0.15) is 0 Å². The molecule has 1 unspecified atom stereocenters. The molecule has 0 bridgehead atoms. The van der Waals surface area contributed by atoms with Crippen molar-refractivity contribution in [1.29, 1.82) is 0 Å². The van der Waals surface area contributed by atoms with Crippen molar-refractivity contribution in [3.63, 3.8) is 0 Å². The van der Waals surface area contributed by atoms with Crippen molar-refractivity contribution in [3.05, 3.63) is 59.0 Å². The zero-order chi connectivity index (χ0) is 29.4. The number of fused-ring (bicyclic) bond motifs is 1. The normalized spacial score (nSPS) is 16.9. The topological polar surface area (TPSA) is 149 Å². The molecule has 3 N–H and O–H groups in total. The van der Waals surface area contributed by atoms with Gasteiger partial charge in [-0.15, -0.1) is 0 Å². The maximum Gasteiger partial charge on any atom is 0.407 e. The fraction of sp³-hybridized carbons (Fsp3) is 0.414. The number of urea groups is 1. The van der Waals surface area contributed by atoms with Crippen molar-refractivity contribution < 1.29 is 33.1 Å². The predicted molar refractivity (Wildman–Crippen MR) is 148 cm³/mol. The van der Waals surface area contributed by atoms with Crippen molar-refractivity contribution in [2.24, 2.45) is 5.92 Å². The molecule has 2 aromatic heterocycles. The minimum Gasteiger partial charge on any atom is -0.497 e. The molecule has 1 aromatic carbocycles. The molecule has 11 heteroatoms. The number of ketones is 1. The number of ether oxygens (including phenoxy) is 2. The number of rotatable bonds is 10. The van der Waals surface area contributed by atoms with Crippen LogP contribution in [0.1, 0.15) is 68.3 Å². The highest BCUT2D eigenvalue weighted by Crippen LogP contribution is 2.36. The Labute approximate surface area is 233 Å². The molecule has 4 amide bonds. The van der Waals surface area contributed by atoms with E-state index in [-0.39, 0.29) is 30.5 Å². The number of alkyl carbamates (subject to hydrolysis) is 1. The van der Waals surface area contributed by atoms with Crippen LogP contribution >= 0.6 is 0 Å². The first-order chi connectivity index (χ1) is 19.1. The van der Waals surface area contributed by atoms with E-state index in [0.717, 1.165) is 5.56 Å². The van der Waals surface area contributed by atoms with Crippen LogP contribution in [-0.4, -0.2) is 42.5 Å². The van der Waals surface area contributed by atoms with Gasteiger partial charge in [0.15, 0.2) is 16.9 Å². The van der Waals surface area contributed by atoms with E-state index in [1.807, 2.05) is 26.8 Å². The van der Waals surface area contributed by atoms with Crippen LogP contribution in [0.5, 0.6) is 5.75 Å². The van der Waals surface area contributed by atoms with Crippen molar-refractivity contribution in [2.75, 3.05) is 13.7 Å². The van der Waals surface area contributed by atoms with E-state index < -0.39 is 23.6 Å². The summed E-state index contributed by atoms with van der Waals surface area (Å²) in [5.41, 5.74) is 1.36. The zero-order valence-corrected chi connectivity index (χ0v) is 23.7. The van der Waals surface area contributed by atoms with Gasteiger partial charge < -0.3 is 24.5 Å². The van der Waals surface area contributed by atoms with Gasteiger partial charge in [-0.1, -0.05) is 26.8 Å². The molecular formula is C29H36N4O7. The molecule has 0 saturated carbocycles. The van der Waals surface area contributed by atoms with Crippen LogP contribution in [0.2, 0.25) is 0 Å². The fourth-order valence-electron chi connectivity index (χ4n) is 4.66. The molecule has 0 spiro atoms. The lowest BCUT2D eigenvalue weighted by atomic mass is 9.82. The van der Waals surface area contributed by atoms with Crippen LogP contribution in [0.3, 0.4) is 0 Å². The van der Waals surface area contributed by atoms with E-state index >= 15 is 0 Å². The van der Waals surface area contributed by atoms with Gasteiger partial charge in [0.25, 0.3) is 5.91 Å². The summed E-state index contributed by atoms with van der Waals surface area (Å²) in [6.45, 7) is 9.65. The number of furan rings is 1. The Bertz CT molecular complexity index is 1400. The Morgan fingerprint density at radius 3 is 2.55 bits per heavy atom. The lowest BCUT2D eigenvalue weighted by Crippen LogP contribution is -2.45. The van der Waals surface area contributed by atoms with Crippen molar-refractivity contribution in [1.82, 2.24) is 20.9 Å². The molecule has 214 valence electrons. The predicted octanol–water partition coefficient (Wildman–Crippen LogP) is 4.61. The average Bonchev–Trinajstić information content (AvgIpc) is 3.48. The second-order valence-corrected chi connectivity index (χ2v) is 9.35. The Kier molecular flexibility index (Phi) is 9.87. The average molecular weight is 553 g/mol. The number of carbonyl (C=O) groups excluding carboxylic acids is 4. The van der Waals surface area contributed by atoms with Gasteiger partial charge in [0.2, 0.25) is 0 Å². The molecule has 11 nitrogen and oxygen atoms in total. The van der Waals surface area contributed by atoms with Crippen LogP contribution in [0.15, 0.2) is 40.9 Å². The number of Topliss-reactive ketones (excluding diaryl/α,β-unsaturated/α-hetero) is 1. The smallest absolute Gasteiger partial charge is 0.407 e. The Morgan fingerprint density at radius 1 is 1.18 bits per heavy atom. The Morgan fingerprint density at radius 2 is 1.93 bits per heavy atom. The van der Waals surface area contributed by atoms with Gasteiger partial charge in [-0.05, 0) is 56.4 Å². The molecule has 1 aliphatic heterocycles. The molecule has 4 rings (SSSR count). The third-order valence-electron chi connectivity index (χ3n) is 6.40. The number of benzene rings is 1. The van der Waals surface area contributed by atoms with Crippen LogP contribution < -0.4 is 20.7 Å². The third-order valence-corrected chi connectivity index (χ3v) is 6.40. The summed E-state index contributed by atoms with van der Waals surface area (Å²) < 4.78 is 16.4. The summed E-state index contributed by atoms with van der Waals surface area (Å²) in [6, 6.07) is 7.99. The highest BCUT2D eigenvalue weighted by atomic mass is 16.5. The van der Waals surface area contributed by atoms with Gasteiger partial charge in [0, 0.05) is 29.9 Å². The summed E-state index contributed by atoms with van der Waals surface area (Å²) in [5.74, 6) is 0.0418. The first kappa shape index (κ1) is 30.1. The number of amides is 4. The van der Waals surface area contributed by atoms with Gasteiger partial charge >= 0.3 is 12.1 Å². The van der Waals surface area contributed by atoms with Gasteiger partial charge in [0.1, 0.15) is 23.6 Å². The SMILES string of the molecule is CC.CCNC(=O)OCc1cnc2cc([C@]3(CC(C)Cc4ccc(OC)cc4C(C)=O)NC(=O)NC3=O)oc2c1. The van der Waals surface area contributed by atoms with Crippen molar-refractivity contribution >= 4 is 34.9 Å². The van der Waals surface area contributed by atoms with Crippen LogP contribution in [0, 0.1) is 5.92 Å². The largest absolute Gasteiger partial charge is 0.497 e. The number of methoxy groups -OCH3 is 1. The first-order valence-electron chi connectivity index (χ1n) is 13.3. The number of hydrogen-bond acceptors (Lipinski definition) is 8. The molecule has 1 saturated heterocycles. The monoisotopic (exact) mass is 552 g/mol. The standard InChI is InChI=1S/C27H30N4O7.C2H6/c1-5-28-26(35)37-14-17-9-22-21(29-13-17)11-23(38-22)27(24(33)30-25(34)31-27)12-15(2)8-18-6-7-19(36-4)10-20(18)16(3)32;1-2/h6-7,9-11,13,15H,5,8,12,14H2,1-4H3,(H,28,35)(H2,30,31,33,34);1-2H3/t15?,27-;/m0./s1. The number of carbonyl (C=O) groups is 4. The lowest BCUT2D eigenvalue weighted by Gasteiger charge is -2.27. The van der Waals surface area contributed by atoms with E-state index in [4.69, 9.17) is 13.9 Å². The maximum absolute atomic E-state index is 13.1. The molecule has 1 fully saturated rings. The van der Waals surface area contributed by atoms with Crippen molar-refractivity contribution in [3.8, 4) is 5.75 Å². The van der Waals surface area contributed by atoms with Crippen LogP contribution in [-0.2, 0) is 28.1 Å². The summed E-state index contributed by atoms with van der Waals surface area (Å²) in [4.78, 5) is 53.6. The molecule has 2 atom stereocenters. The molecular weight excluding hydrogens is 516 g/mol. The maximum atomic E-state index is 13.1. The zero-order valence-electron chi connectivity index (χ0n) is 23.7. The quantitative estimate of drug-likeness (QED) is 0.244. The molecule has 1 aliphatic rings. The van der Waals surface area contributed by atoms with E-state index in [1.54, 1.807) is 37.4 Å². The lowest BCUT2D eigenvalue weighted by molar-refractivity contribution is -0.125. The number of aromatic nitrogens is 1. The van der Waals surface area contributed by atoms with E-state index in [9.17, 15) is 19.2 Å². The highest BCUT2D eigenvalue weighted by molar-refractivity contribution is 6.07. The Balaban J connectivity index is 0.00000216. The minimum atomic E-state index is -1.46. The summed E-state index contributed by atoms with van der Waals surface area (Å²) in [5, 5.41) is 7.61. The van der Waals surface area contributed by atoms with E-state index in [1.165, 1.54) is 14.0 Å². The third kappa shape index (κ3) is 6.59. The second kappa shape index (κ2) is 13.1. The van der Waals surface area contributed by atoms with Gasteiger partial charge in [0.05, 0.1) is 7.11 Å². The number of pyridine rings is 1. The molecule has 3 aromatic rings. The molecule has 3 heterocycles. The van der Waals surface area contributed by atoms with Gasteiger partial charge in [-0.25, -0.2) is 9.59 Å². The Hall–Kier alpha value is -4.41. The first-order valence-corrected chi connectivity index (χ1v) is 13.3. The number of nitrogens with one attached hydrogen (secondary N) is 3. The fourth-order valence-corrected chi connectivity index (χ4v) is 4.66. The molecule has 0 radical (unpaired) electrons. The second-order valence-electron chi connectivity index (χ2n) is 9.35. The molecule has 0 aliphatic carbocycles. The minimum absolute atomic E-state index is 0.00938. The van der Waals surface area contributed by atoms with Crippen LogP contribution in [0.4, 0.5) is 9.59 Å². The number of imide groups is 1. The summed E-state index contributed by atoms with van der Waals surface area (Å²) in [7, 11) is 1.54. The molecule has 40 heavy (non-hydrogen) atoms. The van der Waals surface area contributed by atoms with Crippen molar-refractivity contribution in [2.45, 2.75) is 59.6 Å². The van der Waals surface area contributed by atoms with E-state index in [2.05, 4.69) is 20.9 Å². The van der Waals surface area contributed by atoms with Gasteiger partial charge in [-0.3, -0.25) is 19.9 Å². The summed E-state index contributed by atoms with van der Waals surface area (Å²) in [6.07, 6.45) is 1.69. The van der Waals surface area contributed by atoms with Crippen LogP contribution in [0.25, 0.3) is 11.1 Å². The van der Waals surface area contributed by atoms with E-state index in [0.29, 0.717) is 40.9 Å².